The van der Waals surface area contributed by atoms with E-state index in [1.807, 2.05) is 24.3 Å². The van der Waals surface area contributed by atoms with Crippen LogP contribution in [-0.4, -0.2) is 32.1 Å². The second kappa shape index (κ2) is 9.05. The number of urea groups is 1. The molecular weight excluding hydrogens is 418 g/mol. The summed E-state index contributed by atoms with van der Waals surface area (Å²) in [5.74, 6) is 0.0538. The van der Waals surface area contributed by atoms with Gasteiger partial charge in [-0.25, -0.2) is 13.2 Å². The fraction of sp³-hybridized carbons (Fsp3) is 0.278. The molecule has 0 atom stereocenters. The molecule has 0 bridgehead atoms. The van der Waals surface area contributed by atoms with Gasteiger partial charge < -0.3 is 10.2 Å². The molecule has 0 aliphatic rings. The van der Waals surface area contributed by atoms with E-state index in [-0.39, 0.29) is 11.8 Å². The van der Waals surface area contributed by atoms with E-state index in [1.165, 1.54) is 0 Å². The van der Waals surface area contributed by atoms with E-state index in [0.717, 1.165) is 10.0 Å². The zero-order chi connectivity index (χ0) is 19.2. The summed E-state index contributed by atoms with van der Waals surface area (Å²) in [6, 6.07) is 14.1. The van der Waals surface area contributed by atoms with Gasteiger partial charge in [0.25, 0.3) is 0 Å². The molecule has 0 aliphatic heterocycles. The van der Waals surface area contributed by atoms with Gasteiger partial charge in [0.2, 0.25) is 10.0 Å². The van der Waals surface area contributed by atoms with Gasteiger partial charge in [-0.3, -0.25) is 4.72 Å². The summed E-state index contributed by atoms with van der Waals surface area (Å²) < 4.78 is 27.2. The van der Waals surface area contributed by atoms with Crippen LogP contribution in [0.15, 0.2) is 53.0 Å². The van der Waals surface area contributed by atoms with Gasteiger partial charge in [-0.1, -0.05) is 47.1 Å². The van der Waals surface area contributed by atoms with Crippen LogP contribution in [0.1, 0.15) is 18.9 Å². The molecule has 0 radical (unpaired) electrons. The van der Waals surface area contributed by atoms with E-state index in [1.54, 1.807) is 43.1 Å². The number of rotatable bonds is 7. The molecule has 2 N–H and O–H groups in total. The van der Waals surface area contributed by atoms with E-state index >= 15 is 0 Å². The SMILES string of the molecule is CCCS(=O)(=O)Nc1cccc(NC(=O)N(C)Cc2ccccc2Br)c1. The van der Waals surface area contributed by atoms with Gasteiger partial charge in [-0.15, -0.1) is 0 Å². The standard InChI is InChI=1S/C18H22BrN3O3S/c1-3-11-26(24,25)21-16-9-6-8-15(12-16)20-18(23)22(2)13-14-7-4-5-10-17(14)19/h4-10,12,21H,3,11,13H2,1-2H3,(H,20,23). The lowest BCUT2D eigenvalue weighted by Gasteiger charge is -2.19. The van der Waals surface area contributed by atoms with Crippen molar-refractivity contribution in [2.75, 3.05) is 22.8 Å². The number of amides is 2. The highest BCUT2D eigenvalue weighted by Gasteiger charge is 2.12. The predicted molar refractivity (Wildman–Crippen MR) is 109 cm³/mol. The van der Waals surface area contributed by atoms with Gasteiger partial charge in [-0.05, 0) is 36.2 Å². The lowest BCUT2D eigenvalue weighted by Crippen LogP contribution is -2.31. The number of nitrogens with zero attached hydrogens (tertiary/aromatic N) is 1. The zero-order valence-electron chi connectivity index (χ0n) is 14.7. The molecule has 6 nitrogen and oxygen atoms in total. The van der Waals surface area contributed by atoms with Gasteiger partial charge in [0.15, 0.2) is 0 Å². The van der Waals surface area contributed by atoms with Crippen molar-refractivity contribution >= 4 is 43.4 Å². The van der Waals surface area contributed by atoms with Gasteiger partial charge in [0.1, 0.15) is 0 Å². The highest BCUT2D eigenvalue weighted by atomic mass is 79.9. The topological polar surface area (TPSA) is 78.5 Å². The van der Waals surface area contributed by atoms with Crippen molar-refractivity contribution in [3.05, 3.63) is 58.6 Å². The van der Waals surface area contributed by atoms with Crippen LogP contribution in [0.2, 0.25) is 0 Å². The molecular formula is C18H22BrN3O3S. The van der Waals surface area contributed by atoms with Crippen molar-refractivity contribution in [3.8, 4) is 0 Å². The number of hydrogen-bond donors (Lipinski definition) is 2. The van der Waals surface area contributed by atoms with Crippen LogP contribution < -0.4 is 10.0 Å². The Balaban J connectivity index is 2.02. The third kappa shape index (κ3) is 6.03. The van der Waals surface area contributed by atoms with Crippen molar-refractivity contribution in [2.45, 2.75) is 19.9 Å². The van der Waals surface area contributed by atoms with Gasteiger partial charge >= 0.3 is 6.03 Å². The lowest BCUT2D eigenvalue weighted by molar-refractivity contribution is 0.220. The van der Waals surface area contributed by atoms with Crippen molar-refractivity contribution in [2.24, 2.45) is 0 Å². The second-order valence-corrected chi connectivity index (χ2v) is 8.58. The molecule has 2 rings (SSSR count). The number of sulfonamides is 1. The number of carbonyl (C=O) groups excluding carboxylic acids is 1. The van der Waals surface area contributed by atoms with Crippen LogP contribution in [0.3, 0.4) is 0 Å². The van der Waals surface area contributed by atoms with Crippen LogP contribution in [0.4, 0.5) is 16.2 Å². The fourth-order valence-corrected chi connectivity index (χ4v) is 3.87. The van der Waals surface area contributed by atoms with E-state index < -0.39 is 10.0 Å². The minimum Gasteiger partial charge on any atom is -0.323 e. The number of benzene rings is 2. The monoisotopic (exact) mass is 439 g/mol. The lowest BCUT2D eigenvalue weighted by atomic mass is 10.2. The maximum absolute atomic E-state index is 12.4. The molecule has 0 saturated heterocycles. The molecule has 0 unspecified atom stereocenters. The summed E-state index contributed by atoms with van der Waals surface area (Å²) in [5, 5.41) is 2.78. The number of carbonyl (C=O) groups is 1. The summed E-state index contributed by atoms with van der Waals surface area (Å²) in [6.07, 6.45) is 0.533. The first kappa shape index (κ1) is 20.3. The van der Waals surface area contributed by atoms with Gasteiger partial charge in [-0.2, -0.15) is 0 Å². The molecule has 2 amide bonds. The Morgan fingerprint density at radius 2 is 1.81 bits per heavy atom. The molecule has 26 heavy (non-hydrogen) atoms. The Morgan fingerprint density at radius 3 is 2.50 bits per heavy atom. The van der Waals surface area contributed by atoms with Crippen molar-refractivity contribution in [1.29, 1.82) is 0 Å². The normalized spacial score (nSPS) is 11.0. The largest absolute Gasteiger partial charge is 0.323 e. The predicted octanol–water partition coefficient (Wildman–Crippen LogP) is 4.26. The summed E-state index contributed by atoms with van der Waals surface area (Å²) >= 11 is 3.47. The molecule has 2 aromatic carbocycles. The number of hydrogen-bond acceptors (Lipinski definition) is 3. The number of halogens is 1. The van der Waals surface area contributed by atoms with Crippen molar-refractivity contribution < 1.29 is 13.2 Å². The molecule has 140 valence electrons. The molecule has 8 heteroatoms. The highest BCUT2D eigenvalue weighted by Crippen LogP contribution is 2.19. The minimum atomic E-state index is -3.37. The zero-order valence-corrected chi connectivity index (χ0v) is 17.1. The van der Waals surface area contributed by atoms with E-state index in [9.17, 15) is 13.2 Å². The maximum atomic E-state index is 12.4. The smallest absolute Gasteiger partial charge is 0.321 e. The van der Waals surface area contributed by atoms with Crippen LogP contribution in [0, 0.1) is 0 Å². The number of nitrogens with one attached hydrogen (secondary N) is 2. The third-order valence-corrected chi connectivity index (χ3v) is 5.84. The minimum absolute atomic E-state index is 0.0538. The Bertz CT molecular complexity index is 871. The maximum Gasteiger partial charge on any atom is 0.321 e. The second-order valence-electron chi connectivity index (χ2n) is 5.88. The van der Waals surface area contributed by atoms with E-state index in [2.05, 4.69) is 26.0 Å². The Kier molecular flexibility index (Phi) is 7.05. The van der Waals surface area contributed by atoms with Crippen LogP contribution in [-0.2, 0) is 16.6 Å². The first-order valence-corrected chi connectivity index (χ1v) is 10.6. The first-order valence-electron chi connectivity index (χ1n) is 8.17. The molecule has 0 aliphatic carbocycles. The van der Waals surface area contributed by atoms with Crippen molar-refractivity contribution in [1.82, 2.24) is 4.90 Å². The number of anilines is 2. The van der Waals surface area contributed by atoms with E-state index in [4.69, 9.17) is 0 Å². The summed E-state index contributed by atoms with van der Waals surface area (Å²) in [6.45, 7) is 2.24. The highest BCUT2D eigenvalue weighted by molar-refractivity contribution is 9.10. The molecule has 0 fully saturated rings. The molecule has 2 aromatic rings. The Labute approximate surface area is 162 Å². The van der Waals surface area contributed by atoms with Crippen molar-refractivity contribution in [3.63, 3.8) is 0 Å². The first-order chi connectivity index (χ1) is 12.3. The summed E-state index contributed by atoms with van der Waals surface area (Å²) in [7, 11) is -1.67. The molecule has 0 saturated carbocycles. The van der Waals surface area contributed by atoms with Gasteiger partial charge in [0.05, 0.1) is 11.4 Å². The van der Waals surface area contributed by atoms with Gasteiger partial charge in [0, 0.05) is 23.8 Å². The average molecular weight is 440 g/mol. The summed E-state index contributed by atoms with van der Waals surface area (Å²) in [4.78, 5) is 13.9. The summed E-state index contributed by atoms with van der Waals surface area (Å²) in [5.41, 5.74) is 1.93. The Morgan fingerprint density at radius 1 is 1.12 bits per heavy atom. The fourth-order valence-electron chi connectivity index (χ4n) is 2.33. The molecule has 0 heterocycles. The average Bonchev–Trinajstić information content (AvgIpc) is 2.56. The molecule has 0 spiro atoms. The Hall–Kier alpha value is -2.06. The quantitative estimate of drug-likeness (QED) is 0.675. The van der Waals surface area contributed by atoms with Crippen LogP contribution >= 0.6 is 15.9 Å². The van der Waals surface area contributed by atoms with Crippen LogP contribution in [0.25, 0.3) is 0 Å². The third-order valence-electron chi connectivity index (χ3n) is 3.57. The molecule has 0 aromatic heterocycles. The van der Waals surface area contributed by atoms with Crippen LogP contribution in [0.5, 0.6) is 0 Å². The van der Waals surface area contributed by atoms with E-state index in [0.29, 0.717) is 24.3 Å².